The number of benzene rings is 2. The molecule has 2 aromatic heterocycles. The monoisotopic (exact) mass is 466 g/mol. The Morgan fingerprint density at radius 1 is 0.657 bits per heavy atom. The zero-order valence-corrected chi connectivity index (χ0v) is 19.3. The molecule has 0 amide bonds. The molecule has 35 heavy (non-hydrogen) atoms. The highest BCUT2D eigenvalue weighted by atomic mass is 19.1. The molecule has 2 saturated heterocycles. The number of nitrogens with zero attached hydrogens (tertiary/aromatic N) is 2. The molecule has 7 heteroatoms. The average Bonchev–Trinajstić information content (AvgIpc) is 3.47. The number of H-pyrrole nitrogens is 2. The second kappa shape index (κ2) is 7.35. The number of nitrogens with one attached hydrogen (secondary N) is 4. The molecule has 2 aliphatic carbocycles. The maximum Gasteiger partial charge on any atom is 0.219 e. The predicted molar refractivity (Wildman–Crippen MR) is 132 cm³/mol. The van der Waals surface area contributed by atoms with Crippen LogP contribution < -0.4 is 10.6 Å². The van der Waals surface area contributed by atoms with E-state index in [-0.39, 0.29) is 12.0 Å². The summed E-state index contributed by atoms with van der Waals surface area (Å²) in [7, 11) is 0. The quantitative estimate of drug-likeness (QED) is 0.329. The Kier molecular flexibility index (Phi) is 4.19. The molecule has 176 valence electrons. The van der Waals surface area contributed by atoms with Gasteiger partial charge in [0.05, 0.1) is 24.0 Å². The molecule has 2 aliphatic heterocycles. The summed E-state index contributed by atoms with van der Waals surface area (Å²) in [5.41, 5.74) is 5.56. The largest absolute Gasteiger partial charge is 0.341 e. The first-order valence-electron chi connectivity index (χ1n) is 12.7. The number of fused-ring (bicyclic) bond motifs is 2. The van der Waals surface area contributed by atoms with Gasteiger partial charge in [-0.15, -0.1) is 0 Å². The van der Waals surface area contributed by atoms with Crippen molar-refractivity contribution < 1.29 is 4.39 Å². The van der Waals surface area contributed by atoms with Crippen molar-refractivity contribution in [1.82, 2.24) is 30.6 Å². The van der Waals surface area contributed by atoms with Gasteiger partial charge in [-0.2, -0.15) is 4.39 Å². The lowest BCUT2D eigenvalue weighted by Crippen LogP contribution is -2.18. The molecule has 2 aromatic carbocycles. The van der Waals surface area contributed by atoms with E-state index in [1.807, 2.05) is 30.5 Å². The highest BCUT2D eigenvalue weighted by Crippen LogP contribution is 2.46. The Hall–Kier alpha value is -3.29. The van der Waals surface area contributed by atoms with E-state index >= 15 is 0 Å². The third-order valence-electron chi connectivity index (χ3n) is 8.37. The van der Waals surface area contributed by atoms with Gasteiger partial charge in [-0.05, 0) is 54.2 Å². The summed E-state index contributed by atoms with van der Waals surface area (Å²) < 4.78 is 14.7. The van der Waals surface area contributed by atoms with Crippen molar-refractivity contribution in [3.05, 3.63) is 72.3 Å². The Bertz CT molecular complexity index is 1380. The SMILES string of the molecule is Fc1[nH]c([C@@H]2C[C@H]3C[C@H]3N2)nc1-c1ccc(-c2ccc(-c3cnc([C@H]4C[C@@H]5C[C@@H]5N4)[nH]3)cc2)cc1. The van der Waals surface area contributed by atoms with E-state index < -0.39 is 0 Å². The van der Waals surface area contributed by atoms with E-state index in [4.69, 9.17) is 0 Å². The van der Waals surface area contributed by atoms with Gasteiger partial charge >= 0.3 is 0 Å². The number of aromatic amines is 2. The van der Waals surface area contributed by atoms with E-state index in [1.165, 1.54) is 19.3 Å². The highest BCUT2D eigenvalue weighted by molar-refractivity contribution is 5.71. The first-order chi connectivity index (χ1) is 17.2. The number of imidazole rings is 2. The molecule has 4 aromatic rings. The van der Waals surface area contributed by atoms with Gasteiger partial charge in [0.2, 0.25) is 5.95 Å². The van der Waals surface area contributed by atoms with Crippen molar-refractivity contribution in [2.45, 2.75) is 49.9 Å². The van der Waals surface area contributed by atoms with Crippen LogP contribution >= 0.6 is 0 Å². The zero-order chi connectivity index (χ0) is 23.1. The van der Waals surface area contributed by atoms with E-state index in [9.17, 15) is 4.39 Å². The van der Waals surface area contributed by atoms with E-state index in [0.29, 0.717) is 29.6 Å². The van der Waals surface area contributed by atoms with E-state index in [1.54, 1.807) is 0 Å². The lowest BCUT2D eigenvalue weighted by molar-refractivity contribution is 0.528. The zero-order valence-electron chi connectivity index (χ0n) is 19.3. The third-order valence-corrected chi connectivity index (χ3v) is 8.37. The Labute approximate surface area is 202 Å². The van der Waals surface area contributed by atoms with Gasteiger partial charge in [-0.25, -0.2) is 9.97 Å². The Balaban J connectivity index is 0.987. The molecule has 8 rings (SSSR count). The van der Waals surface area contributed by atoms with Crippen LogP contribution in [0.2, 0.25) is 0 Å². The lowest BCUT2D eigenvalue weighted by Gasteiger charge is -2.09. The molecule has 4 N–H and O–H groups in total. The van der Waals surface area contributed by atoms with Crippen LogP contribution in [0.5, 0.6) is 0 Å². The molecule has 0 bridgehead atoms. The minimum absolute atomic E-state index is 0.144. The van der Waals surface area contributed by atoms with Crippen LogP contribution in [0, 0.1) is 17.8 Å². The number of rotatable bonds is 5. The first kappa shape index (κ1) is 20.0. The molecule has 0 spiro atoms. The van der Waals surface area contributed by atoms with Gasteiger partial charge in [0.25, 0.3) is 0 Å². The minimum atomic E-state index is -0.358. The maximum atomic E-state index is 14.7. The Morgan fingerprint density at radius 3 is 1.83 bits per heavy atom. The molecule has 6 atom stereocenters. The standard InChI is InChI=1S/C28H27FN6/c29-26-25(34-28(35-26)23-12-19-10-21(19)32-23)17-7-3-15(4-8-17)14-1-5-16(6-2-14)24-13-30-27(33-24)22-11-18-9-20(18)31-22/h1-8,13,18-23,31-32H,9-12H2,(H,30,33)(H,34,35)/t18-,19+,20-,21+,22+,23-/m0/s1. The summed E-state index contributed by atoms with van der Waals surface area (Å²) in [5, 5.41) is 7.18. The van der Waals surface area contributed by atoms with Gasteiger partial charge in [-0.3, -0.25) is 0 Å². The fourth-order valence-corrected chi connectivity index (χ4v) is 6.11. The van der Waals surface area contributed by atoms with Crippen molar-refractivity contribution in [2.75, 3.05) is 0 Å². The summed E-state index contributed by atoms with van der Waals surface area (Å²) in [4.78, 5) is 15.6. The summed E-state index contributed by atoms with van der Waals surface area (Å²) in [6.45, 7) is 0. The van der Waals surface area contributed by atoms with Crippen LogP contribution in [0.15, 0.2) is 54.7 Å². The molecular weight excluding hydrogens is 439 g/mol. The molecule has 4 heterocycles. The van der Waals surface area contributed by atoms with Crippen LogP contribution in [-0.4, -0.2) is 32.0 Å². The summed E-state index contributed by atoms with van der Waals surface area (Å²) in [6.07, 6.45) is 6.74. The topological polar surface area (TPSA) is 81.4 Å². The van der Waals surface area contributed by atoms with Gasteiger partial charge in [0.15, 0.2) is 0 Å². The third kappa shape index (κ3) is 3.45. The van der Waals surface area contributed by atoms with E-state index in [2.05, 4.69) is 54.8 Å². The first-order valence-corrected chi connectivity index (χ1v) is 12.7. The lowest BCUT2D eigenvalue weighted by atomic mass is 10.0. The number of hydrogen-bond acceptors (Lipinski definition) is 4. The number of halogens is 1. The summed E-state index contributed by atoms with van der Waals surface area (Å²) in [5.74, 6) is 2.99. The van der Waals surface area contributed by atoms with Gasteiger partial charge < -0.3 is 20.6 Å². The van der Waals surface area contributed by atoms with Gasteiger partial charge in [-0.1, -0.05) is 48.5 Å². The summed E-state index contributed by atoms with van der Waals surface area (Å²) >= 11 is 0. The van der Waals surface area contributed by atoms with Crippen molar-refractivity contribution in [3.8, 4) is 33.6 Å². The second-order valence-electron chi connectivity index (χ2n) is 10.7. The van der Waals surface area contributed by atoms with Crippen LogP contribution in [-0.2, 0) is 0 Å². The van der Waals surface area contributed by atoms with Crippen molar-refractivity contribution in [2.24, 2.45) is 11.8 Å². The molecule has 4 fully saturated rings. The predicted octanol–water partition coefficient (Wildman–Crippen LogP) is 5.12. The van der Waals surface area contributed by atoms with Crippen LogP contribution in [0.25, 0.3) is 33.6 Å². The number of aromatic nitrogens is 4. The molecule has 4 aliphatic rings. The van der Waals surface area contributed by atoms with Crippen molar-refractivity contribution >= 4 is 0 Å². The van der Waals surface area contributed by atoms with Gasteiger partial charge in [0.1, 0.15) is 17.3 Å². The Morgan fingerprint density at radius 2 is 1.23 bits per heavy atom. The van der Waals surface area contributed by atoms with Crippen molar-refractivity contribution in [3.63, 3.8) is 0 Å². The minimum Gasteiger partial charge on any atom is -0.341 e. The number of hydrogen-bond donors (Lipinski definition) is 4. The fourth-order valence-electron chi connectivity index (χ4n) is 6.11. The van der Waals surface area contributed by atoms with Crippen LogP contribution in [0.3, 0.4) is 0 Å². The molecule has 0 radical (unpaired) electrons. The molecular formula is C28H27FN6. The average molecular weight is 467 g/mol. The molecule has 2 saturated carbocycles. The van der Waals surface area contributed by atoms with Crippen LogP contribution in [0.1, 0.15) is 49.4 Å². The highest BCUT2D eigenvalue weighted by Gasteiger charge is 2.47. The molecule has 6 nitrogen and oxygen atoms in total. The van der Waals surface area contributed by atoms with Crippen LogP contribution in [0.4, 0.5) is 4.39 Å². The second-order valence-corrected chi connectivity index (χ2v) is 10.7. The normalized spacial score (nSPS) is 30.3. The molecule has 0 unspecified atom stereocenters. The fraction of sp³-hybridized carbons (Fsp3) is 0.357. The maximum absolute atomic E-state index is 14.7. The smallest absolute Gasteiger partial charge is 0.219 e. The summed E-state index contributed by atoms with van der Waals surface area (Å²) in [6, 6.07) is 18.3. The van der Waals surface area contributed by atoms with Crippen molar-refractivity contribution in [1.29, 1.82) is 0 Å². The number of piperidine rings is 2. The van der Waals surface area contributed by atoms with Gasteiger partial charge in [0, 0.05) is 17.6 Å². The van der Waals surface area contributed by atoms with E-state index in [0.717, 1.165) is 52.0 Å².